The highest BCUT2D eigenvalue weighted by atomic mass is 16.3. The van der Waals surface area contributed by atoms with Gasteiger partial charge in [-0.15, -0.1) is 0 Å². The van der Waals surface area contributed by atoms with Crippen LogP contribution in [0.3, 0.4) is 0 Å². The number of nitrogens with one attached hydrogen (secondary N) is 9. The first-order valence-electron chi connectivity index (χ1n) is 33.8. The summed E-state index contributed by atoms with van der Waals surface area (Å²) in [4.78, 5) is 172. The fraction of sp³-hybridized carbons (Fsp3) is 0.729. The topological polar surface area (TPSA) is 746 Å². The number of guanidine groups is 5. The van der Waals surface area contributed by atoms with Crippen LogP contribution in [0, 0.1) is 0 Å². The molecule has 41 nitrogen and oxygen atoms in total. The normalized spacial score (nSPS) is 15.1. The summed E-state index contributed by atoms with van der Waals surface area (Å²) >= 11 is 0. The number of unbranched alkanes of at least 4 members (excludes halogenated alkanes) is 4. The van der Waals surface area contributed by atoms with E-state index >= 15 is 0 Å². The van der Waals surface area contributed by atoms with E-state index in [-0.39, 0.29) is 172 Å². The molecule has 0 aromatic rings. The van der Waals surface area contributed by atoms with Crippen LogP contribution < -0.4 is 128 Å². The smallest absolute Gasteiger partial charge is 0.243 e. The molecule has 1 aliphatic heterocycles. The molecule has 10 atom stereocenters. The van der Waals surface area contributed by atoms with Crippen LogP contribution in [0.15, 0.2) is 25.0 Å². The fourth-order valence-electron chi connectivity index (χ4n) is 10.2. The van der Waals surface area contributed by atoms with Crippen molar-refractivity contribution in [1.29, 1.82) is 0 Å². The molecule has 0 aromatic carbocycles. The van der Waals surface area contributed by atoms with E-state index in [0.29, 0.717) is 57.8 Å². The van der Waals surface area contributed by atoms with E-state index in [1.807, 2.05) is 0 Å². The van der Waals surface area contributed by atoms with Gasteiger partial charge in [-0.2, -0.15) is 0 Å². The number of aliphatic hydroxyl groups is 1. The molecule has 0 radical (unpaired) electrons. The van der Waals surface area contributed by atoms with Crippen molar-refractivity contribution in [3.63, 3.8) is 0 Å². The van der Waals surface area contributed by atoms with Crippen molar-refractivity contribution in [1.82, 2.24) is 52.8 Å². The van der Waals surface area contributed by atoms with Crippen molar-refractivity contribution in [2.24, 2.45) is 105 Å². The van der Waals surface area contributed by atoms with Gasteiger partial charge < -0.3 is 138 Å². The van der Waals surface area contributed by atoms with E-state index in [2.05, 4.69) is 72.8 Å². The molecule has 11 amide bonds. The van der Waals surface area contributed by atoms with Gasteiger partial charge in [0.05, 0.1) is 12.6 Å². The van der Waals surface area contributed by atoms with Crippen LogP contribution in [-0.2, 0) is 52.7 Å². The number of rotatable bonds is 53. The summed E-state index contributed by atoms with van der Waals surface area (Å²) in [5.41, 5.74) is 78.1. The van der Waals surface area contributed by atoms with Crippen molar-refractivity contribution >= 4 is 94.8 Å². The van der Waals surface area contributed by atoms with Crippen LogP contribution in [0.5, 0.6) is 0 Å². The average Bonchev–Trinajstić information content (AvgIpc) is 1.64. The predicted octanol–water partition coefficient (Wildman–Crippen LogP) is -10.1. The summed E-state index contributed by atoms with van der Waals surface area (Å²) in [7, 11) is 0. The number of nitrogens with zero attached hydrogens (tertiary/aromatic N) is 6. The zero-order valence-electron chi connectivity index (χ0n) is 57.6. The molecule has 1 saturated heterocycles. The lowest BCUT2D eigenvalue weighted by atomic mass is 10.0. The van der Waals surface area contributed by atoms with Crippen LogP contribution in [0.2, 0.25) is 0 Å². The summed E-state index contributed by atoms with van der Waals surface area (Å²) in [6, 6.07) is -11.2. The van der Waals surface area contributed by atoms with Crippen molar-refractivity contribution < 1.29 is 57.8 Å². The molecular formula is C59H115N29O12. The van der Waals surface area contributed by atoms with Gasteiger partial charge in [0, 0.05) is 52.2 Å². The molecule has 100 heavy (non-hydrogen) atoms. The van der Waals surface area contributed by atoms with Gasteiger partial charge in [0.1, 0.15) is 54.4 Å². The van der Waals surface area contributed by atoms with Gasteiger partial charge in [-0.25, -0.2) is 0 Å². The fourth-order valence-corrected chi connectivity index (χ4v) is 10.2. The molecule has 1 rings (SSSR count). The molecule has 568 valence electrons. The number of hydrogen-bond acceptors (Lipinski definition) is 20. The summed E-state index contributed by atoms with van der Waals surface area (Å²) in [6.07, 6.45) is 2.93. The number of carbonyl (C=O) groups is 11. The summed E-state index contributed by atoms with van der Waals surface area (Å²) < 4.78 is 0. The molecule has 0 saturated carbocycles. The number of nitrogens with two attached hydrogens (primary N) is 14. The number of hydrogen-bond donors (Lipinski definition) is 24. The second-order valence-corrected chi connectivity index (χ2v) is 24.0. The quantitative estimate of drug-likeness (QED) is 0.0153. The van der Waals surface area contributed by atoms with Gasteiger partial charge in [0.15, 0.2) is 29.8 Å². The molecule has 0 spiro atoms. The van der Waals surface area contributed by atoms with E-state index in [1.165, 1.54) is 11.8 Å². The Morgan fingerprint density at radius 1 is 0.420 bits per heavy atom. The molecule has 1 heterocycles. The number of primary amides is 1. The minimum absolute atomic E-state index is 0.00262. The number of carbonyl (C=O) groups excluding carboxylic acids is 11. The van der Waals surface area contributed by atoms with Crippen LogP contribution in [-0.4, -0.2) is 231 Å². The van der Waals surface area contributed by atoms with E-state index in [0.717, 1.165) is 0 Å². The van der Waals surface area contributed by atoms with Gasteiger partial charge in [0.2, 0.25) is 65.0 Å². The van der Waals surface area contributed by atoms with Gasteiger partial charge in [-0.1, -0.05) is 6.42 Å². The molecule has 0 bridgehead atoms. The lowest BCUT2D eigenvalue weighted by Crippen LogP contribution is -2.59. The number of amides is 11. The lowest BCUT2D eigenvalue weighted by Gasteiger charge is -2.29. The van der Waals surface area contributed by atoms with Gasteiger partial charge in [0.25, 0.3) is 0 Å². The highest BCUT2D eigenvalue weighted by Crippen LogP contribution is 2.20. The number of likely N-dealkylation sites (tertiary alicyclic amines) is 1. The maximum atomic E-state index is 14.6. The zero-order valence-corrected chi connectivity index (χ0v) is 57.6. The molecule has 1 fully saturated rings. The van der Waals surface area contributed by atoms with E-state index in [9.17, 15) is 57.8 Å². The Kier molecular flexibility index (Phi) is 44.8. The maximum Gasteiger partial charge on any atom is 0.243 e. The Labute approximate surface area is 582 Å². The average molecular weight is 1420 g/mol. The Bertz CT molecular complexity index is 2730. The molecular weight excluding hydrogens is 1310 g/mol. The predicted molar refractivity (Wildman–Crippen MR) is 377 cm³/mol. The second kappa shape index (κ2) is 50.7. The minimum atomic E-state index is -1.44. The van der Waals surface area contributed by atoms with E-state index in [1.54, 1.807) is 0 Å². The van der Waals surface area contributed by atoms with E-state index < -0.39 is 132 Å². The third-order valence-electron chi connectivity index (χ3n) is 15.5. The third kappa shape index (κ3) is 39.1. The Morgan fingerprint density at radius 3 is 1.09 bits per heavy atom. The number of aliphatic imine (C=N–C) groups is 5. The molecule has 0 unspecified atom stereocenters. The first kappa shape index (κ1) is 88.4. The standard InChI is InChI=1S/C59H115N29O12/c1-34(89)45(63)54(100)88-32-14-22-42(88)53(99)87-35(17-9-27-75-55(64)65)46(92)74-26-8-2-3-23-44(91)81-37(19-11-29-77-57(68)69)48(94)85-40(20-12-30-78-58(70)71)52(98)86-41(21-13-31-79-59(72)73)51(97)84-39(16-5-7-25-61)50(96)83-38(15-4-6-24-60)49(95)82-36(18-10-28-76-56(66)67)47(93)80-33-43(62)90/h34-42,45,89H,2-33,60-61,63H2,1H3,(H2,62,90)(H,74,92)(H,80,93)(H,81,91)(H,82,95)(H,83,96)(H,84,97)(H,85,94)(H,86,98)(H,87,99)(H4,64,65,75)(H4,66,67,76)(H4,68,69,77)(H4,70,71,78)(H4,72,73,79)/t34-,35+,36+,37+,38+,39+,40+,41+,42+,45+/m1/s1. The van der Waals surface area contributed by atoms with Crippen LogP contribution in [0.25, 0.3) is 0 Å². The molecule has 0 aliphatic carbocycles. The highest BCUT2D eigenvalue weighted by Gasteiger charge is 2.39. The lowest BCUT2D eigenvalue weighted by molar-refractivity contribution is -0.141. The third-order valence-corrected chi connectivity index (χ3v) is 15.5. The minimum Gasteiger partial charge on any atom is -0.391 e. The van der Waals surface area contributed by atoms with Crippen LogP contribution >= 0.6 is 0 Å². The second-order valence-electron chi connectivity index (χ2n) is 24.0. The van der Waals surface area contributed by atoms with Crippen molar-refractivity contribution in [3.05, 3.63) is 0 Å². The number of aliphatic hydroxyl groups excluding tert-OH is 1. The highest BCUT2D eigenvalue weighted by molar-refractivity contribution is 5.98. The zero-order chi connectivity index (χ0) is 75.1. The summed E-state index contributed by atoms with van der Waals surface area (Å²) in [6.45, 7) is 1.97. The monoisotopic (exact) mass is 1420 g/mol. The summed E-state index contributed by atoms with van der Waals surface area (Å²) in [5.74, 6) is -9.09. The molecule has 0 aromatic heterocycles. The maximum absolute atomic E-state index is 14.6. The van der Waals surface area contributed by atoms with Crippen molar-refractivity contribution in [2.45, 2.75) is 209 Å². The van der Waals surface area contributed by atoms with Crippen molar-refractivity contribution in [2.75, 3.05) is 65.4 Å². The van der Waals surface area contributed by atoms with Gasteiger partial charge in [-0.05, 0) is 148 Å². The Hall–Kier alpha value is -9.64. The molecule has 1 aliphatic rings. The SMILES string of the molecule is C[C@@H](O)[C@H](N)C(=O)N1CCC[C@H]1C(=O)N[C@@H](CCCN=C(N)N)C(=O)NCCCCCC(=O)N[C@@H](CCCN=C(N)N)C(=O)N[C@@H](CCCN=C(N)N)C(=O)N[C@@H](CCCN=C(N)N)C(=O)N[C@@H](CCCCN)C(=O)N[C@@H](CCCCN)C(=O)N[C@@H](CCCN=C(N)N)C(=O)NCC(N)=O. The van der Waals surface area contributed by atoms with Gasteiger partial charge in [-0.3, -0.25) is 77.7 Å². The summed E-state index contributed by atoms with van der Waals surface area (Å²) in [5, 5.41) is 34.0. The van der Waals surface area contributed by atoms with Crippen molar-refractivity contribution in [3.8, 4) is 0 Å². The van der Waals surface area contributed by atoms with Crippen LogP contribution in [0.4, 0.5) is 0 Å². The van der Waals surface area contributed by atoms with Gasteiger partial charge >= 0.3 is 0 Å². The first-order chi connectivity index (χ1) is 47.4. The Morgan fingerprint density at radius 2 is 0.750 bits per heavy atom. The Balaban J connectivity index is 3.51. The van der Waals surface area contributed by atoms with Crippen LogP contribution in [0.1, 0.15) is 148 Å². The first-order valence-corrected chi connectivity index (χ1v) is 33.8. The van der Waals surface area contributed by atoms with E-state index in [4.69, 9.17) is 80.3 Å². The largest absolute Gasteiger partial charge is 0.391 e. The molecule has 38 N–H and O–H groups in total. The molecule has 41 heteroatoms.